The molecule has 0 rings (SSSR count). The highest BCUT2D eigenvalue weighted by Crippen LogP contribution is 2.22. The second-order valence-corrected chi connectivity index (χ2v) is 6.26. The summed E-state index contributed by atoms with van der Waals surface area (Å²) in [4.78, 5) is 0. The minimum atomic E-state index is -0.0636. The number of hydrogen-bond acceptors (Lipinski definition) is 3. The maximum atomic E-state index is 5.66. The van der Waals surface area contributed by atoms with Crippen molar-refractivity contribution in [3.8, 4) is 0 Å². The van der Waals surface area contributed by atoms with Gasteiger partial charge >= 0.3 is 0 Å². The summed E-state index contributed by atoms with van der Waals surface area (Å²) in [6.45, 7) is 6.23. The molecule has 0 aliphatic heterocycles. The van der Waals surface area contributed by atoms with Gasteiger partial charge in [-0.3, -0.25) is 0 Å². The third-order valence-corrected chi connectivity index (χ3v) is 4.28. The van der Waals surface area contributed by atoms with Crippen LogP contribution in [0.2, 0.25) is 0 Å². The first-order chi connectivity index (χ1) is 10.8. The van der Waals surface area contributed by atoms with Gasteiger partial charge in [0, 0.05) is 33.4 Å². The van der Waals surface area contributed by atoms with Crippen molar-refractivity contribution in [2.75, 3.05) is 27.4 Å². The molecule has 3 nitrogen and oxygen atoms in total. The van der Waals surface area contributed by atoms with Crippen molar-refractivity contribution in [3.63, 3.8) is 0 Å². The molecule has 0 saturated heterocycles. The van der Waals surface area contributed by atoms with E-state index in [1.807, 2.05) is 0 Å². The van der Waals surface area contributed by atoms with Crippen molar-refractivity contribution >= 4 is 0 Å². The van der Waals surface area contributed by atoms with Crippen LogP contribution in [0.5, 0.6) is 0 Å². The standard InChI is InChI=1S/C19H40O3/c1-5-7-9-10-11-12-14-18(19(20-3)21-4)15-13-17-22-16-8-6-2/h18-19H,5-17H2,1-4H3. The number of unbranched alkanes of at least 4 members (excludes halogenated alkanes) is 6. The van der Waals surface area contributed by atoms with Crippen LogP contribution >= 0.6 is 0 Å². The van der Waals surface area contributed by atoms with E-state index in [1.54, 1.807) is 14.2 Å². The van der Waals surface area contributed by atoms with Gasteiger partial charge in [0.2, 0.25) is 0 Å². The first-order valence-corrected chi connectivity index (χ1v) is 9.43. The molecule has 0 aromatic rings. The molecule has 0 aliphatic rings. The molecule has 0 aromatic heterocycles. The van der Waals surface area contributed by atoms with Gasteiger partial charge in [-0.25, -0.2) is 0 Å². The Balaban J connectivity index is 3.85. The smallest absolute Gasteiger partial charge is 0.159 e. The third-order valence-electron chi connectivity index (χ3n) is 4.28. The fourth-order valence-electron chi connectivity index (χ4n) is 2.88. The normalized spacial score (nSPS) is 13.0. The van der Waals surface area contributed by atoms with E-state index in [9.17, 15) is 0 Å². The van der Waals surface area contributed by atoms with Gasteiger partial charge in [0.1, 0.15) is 0 Å². The summed E-state index contributed by atoms with van der Waals surface area (Å²) in [5.41, 5.74) is 0. The molecule has 0 fully saturated rings. The predicted octanol–water partition coefficient (Wildman–Crippen LogP) is 5.57. The Morgan fingerprint density at radius 2 is 1.18 bits per heavy atom. The SMILES string of the molecule is CCCCCCCCC(CCCOCCCC)C(OC)OC. The van der Waals surface area contributed by atoms with Gasteiger partial charge in [-0.1, -0.05) is 58.8 Å². The summed E-state index contributed by atoms with van der Waals surface area (Å²) in [6, 6.07) is 0. The van der Waals surface area contributed by atoms with Crippen LogP contribution in [0, 0.1) is 5.92 Å². The van der Waals surface area contributed by atoms with E-state index in [2.05, 4.69) is 13.8 Å². The molecule has 0 aromatic carbocycles. The van der Waals surface area contributed by atoms with Crippen LogP contribution in [0.15, 0.2) is 0 Å². The molecule has 1 atom stereocenters. The van der Waals surface area contributed by atoms with Crippen LogP contribution in [0.3, 0.4) is 0 Å². The van der Waals surface area contributed by atoms with Crippen molar-refractivity contribution < 1.29 is 14.2 Å². The fraction of sp³-hybridized carbons (Fsp3) is 1.00. The van der Waals surface area contributed by atoms with Crippen LogP contribution in [0.4, 0.5) is 0 Å². The minimum absolute atomic E-state index is 0.0636. The van der Waals surface area contributed by atoms with Crippen molar-refractivity contribution in [3.05, 3.63) is 0 Å². The van der Waals surface area contributed by atoms with Crippen molar-refractivity contribution in [2.45, 2.75) is 90.8 Å². The average Bonchev–Trinajstić information content (AvgIpc) is 2.54. The van der Waals surface area contributed by atoms with Crippen LogP contribution in [-0.2, 0) is 14.2 Å². The van der Waals surface area contributed by atoms with Crippen LogP contribution in [0.1, 0.15) is 84.5 Å². The van der Waals surface area contributed by atoms with E-state index in [-0.39, 0.29) is 6.29 Å². The minimum Gasteiger partial charge on any atom is -0.381 e. The van der Waals surface area contributed by atoms with Gasteiger partial charge < -0.3 is 14.2 Å². The summed E-state index contributed by atoms with van der Waals surface area (Å²) < 4.78 is 16.6. The van der Waals surface area contributed by atoms with Gasteiger partial charge in [-0.15, -0.1) is 0 Å². The van der Waals surface area contributed by atoms with E-state index in [1.165, 1.54) is 57.8 Å². The number of hydrogen-bond donors (Lipinski definition) is 0. The van der Waals surface area contributed by atoms with Crippen LogP contribution in [-0.4, -0.2) is 33.7 Å². The molecule has 0 heterocycles. The van der Waals surface area contributed by atoms with Gasteiger partial charge in [0.25, 0.3) is 0 Å². The third kappa shape index (κ3) is 12.4. The first-order valence-electron chi connectivity index (χ1n) is 9.43. The number of rotatable bonds is 17. The highest BCUT2D eigenvalue weighted by molar-refractivity contribution is 4.64. The summed E-state index contributed by atoms with van der Waals surface area (Å²) in [7, 11) is 3.50. The van der Waals surface area contributed by atoms with Crippen LogP contribution < -0.4 is 0 Å². The molecule has 0 spiro atoms. The summed E-state index contributed by atoms with van der Waals surface area (Å²) in [5, 5.41) is 0. The Bertz CT molecular complexity index is 189. The maximum absolute atomic E-state index is 5.66. The van der Waals surface area contributed by atoms with Crippen LogP contribution in [0.25, 0.3) is 0 Å². The maximum Gasteiger partial charge on any atom is 0.159 e. The molecule has 0 N–H and O–H groups in total. The van der Waals surface area contributed by atoms with E-state index < -0.39 is 0 Å². The molecule has 0 radical (unpaired) electrons. The zero-order chi connectivity index (χ0) is 16.5. The lowest BCUT2D eigenvalue weighted by Crippen LogP contribution is -2.25. The molecular formula is C19H40O3. The molecule has 134 valence electrons. The lowest BCUT2D eigenvalue weighted by molar-refractivity contribution is -0.141. The Morgan fingerprint density at radius 3 is 1.82 bits per heavy atom. The average molecular weight is 317 g/mol. The summed E-state index contributed by atoms with van der Waals surface area (Å²) >= 11 is 0. The zero-order valence-electron chi connectivity index (χ0n) is 15.6. The molecule has 0 amide bonds. The van der Waals surface area contributed by atoms with Crippen molar-refractivity contribution in [1.29, 1.82) is 0 Å². The number of methoxy groups -OCH3 is 2. The Hall–Kier alpha value is -0.120. The second kappa shape index (κ2) is 17.2. The predicted molar refractivity (Wildman–Crippen MR) is 94.3 cm³/mol. The highest BCUT2D eigenvalue weighted by atomic mass is 16.7. The quantitative estimate of drug-likeness (QED) is 0.259. The molecule has 3 heteroatoms. The second-order valence-electron chi connectivity index (χ2n) is 6.26. The monoisotopic (exact) mass is 316 g/mol. The first kappa shape index (κ1) is 21.9. The van der Waals surface area contributed by atoms with Gasteiger partial charge in [-0.2, -0.15) is 0 Å². The summed E-state index contributed by atoms with van der Waals surface area (Å²) in [6.07, 6.45) is 13.8. The number of ether oxygens (including phenoxy) is 3. The van der Waals surface area contributed by atoms with E-state index in [4.69, 9.17) is 14.2 Å². The van der Waals surface area contributed by atoms with Crippen molar-refractivity contribution in [2.24, 2.45) is 5.92 Å². The van der Waals surface area contributed by atoms with Gasteiger partial charge in [0.05, 0.1) is 0 Å². The zero-order valence-corrected chi connectivity index (χ0v) is 15.6. The fourth-order valence-corrected chi connectivity index (χ4v) is 2.88. The lowest BCUT2D eigenvalue weighted by Gasteiger charge is -2.25. The molecule has 0 saturated carbocycles. The van der Waals surface area contributed by atoms with E-state index >= 15 is 0 Å². The Kier molecular flexibility index (Phi) is 17.1. The molecular weight excluding hydrogens is 276 g/mol. The largest absolute Gasteiger partial charge is 0.381 e. The molecule has 22 heavy (non-hydrogen) atoms. The molecule has 0 bridgehead atoms. The van der Waals surface area contributed by atoms with Gasteiger partial charge in [0.15, 0.2) is 6.29 Å². The van der Waals surface area contributed by atoms with E-state index in [0.29, 0.717) is 5.92 Å². The molecule has 0 aliphatic carbocycles. The topological polar surface area (TPSA) is 27.7 Å². The van der Waals surface area contributed by atoms with Crippen molar-refractivity contribution in [1.82, 2.24) is 0 Å². The van der Waals surface area contributed by atoms with Gasteiger partial charge in [-0.05, 0) is 25.7 Å². The summed E-state index contributed by atoms with van der Waals surface area (Å²) in [5.74, 6) is 0.496. The van der Waals surface area contributed by atoms with E-state index in [0.717, 1.165) is 26.1 Å². The highest BCUT2D eigenvalue weighted by Gasteiger charge is 2.20. The Morgan fingerprint density at radius 1 is 0.636 bits per heavy atom. The Labute approximate surface area is 139 Å². The lowest BCUT2D eigenvalue weighted by atomic mass is 9.95. The molecule has 1 unspecified atom stereocenters.